The second-order valence-electron chi connectivity index (χ2n) is 9.18. The monoisotopic (exact) mass is 462 g/mol. The third-order valence-corrected chi connectivity index (χ3v) is 6.75. The predicted molar refractivity (Wildman–Crippen MR) is 143 cm³/mol. The van der Waals surface area contributed by atoms with Gasteiger partial charge in [-0.3, -0.25) is 0 Å². The Morgan fingerprint density at radius 3 is 2.00 bits per heavy atom. The number of hydrogen-bond donors (Lipinski definition) is 0. The Labute approximate surface area is 207 Å². The van der Waals surface area contributed by atoms with Crippen LogP contribution in [0.2, 0.25) is 0 Å². The molecular weight excluding hydrogens is 434 g/mol. The zero-order valence-electron chi connectivity index (χ0n) is 20.5. The van der Waals surface area contributed by atoms with Gasteiger partial charge in [0.2, 0.25) is 0 Å². The molecule has 0 bridgehead atoms. The quantitative estimate of drug-likeness (QED) is 0.301. The summed E-state index contributed by atoms with van der Waals surface area (Å²) in [4.78, 5) is 0. The van der Waals surface area contributed by atoms with Crippen molar-refractivity contribution in [1.29, 1.82) is 0 Å². The van der Waals surface area contributed by atoms with E-state index in [0.717, 1.165) is 33.5 Å². The summed E-state index contributed by atoms with van der Waals surface area (Å²) in [6, 6.07) is 29.6. The summed E-state index contributed by atoms with van der Waals surface area (Å²) in [6.07, 6.45) is -0.333. The molecule has 0 aliphatic carbocycles. The highest BCUT2D eigenvalue weighted by atomic mass is 19.1. The maximum Gasteiger partial charge on any atom is 0.363 e. The minimum absolute atomic E-state index is 0.255. The summed E-state index contributed by atoms with van der Waals surface area (Å²) in [6.45, 7) is 6.15. The highest BCUT2D eigenvalue weighted by Gasteiger charge is 2.42. The molecule has 0 aromatic heterocycles. The van der Waals surface area contributed by atoms with Crippen LogP contribution in [-0.4, -0.2) is 14.0 Å². The molecule has 0 radical (unpaired) electrons. The predicted octanol–water partition coefficient (Wildman–Crippen LogP) is 6.88. The molecule has 5 rings (SSSR count). The second-order valence-corrected chi connectivity index (χ2v) is 9.18. The van der Waals surface area contributed by atoms with Crippen molar-refractivity contribution in [2.24, 2.45) is 0 Å². The van der Waals surface area contributed by atoms with Gasteiger partial charge in [-0.1, -0.05) is 83.4 Å². The van der Waals surface area contributed by atoms with Crippen LogP contribution < -0.4 is 10.2 Å². The topological polar surface area (TPSA) is 18.5 Å². The van der Waals surface area contributed by atoms with E-state index in [9.17, 15) is 4.39 Å². The minimum atomic E-state index is -0.333. The lowest BCUT2D eigenvalue weighted by atomic mass is 9.50. The lowest BCUT2D eigenvalue weighted by Crippen LogP contribution is -2.36. The van der Waals surface area contributed by atoms with Crippen LogP contribution in [0.15, 0.2) is 91.0 Å². The normalized spacial score (nSPS) is 15.6. The zero-order chi connectivity index (χ0) is 24.5. The van der Waals surface area contributed by atoms with E-state index < -0.39 is 0 Å². The largest absolute Gasteiger partial charge is 0.497 e. The molecule has 35 heavy (non-hydrogen) atoms. The molecule has 0 fully saturated rings. The summed E-state index contributed by atoms with van der Waals surface area (Å²) < 4.78 is 26.2. The van der Waals surface area contributed by atoms with Gasteiger partial charge in [-0.15, -0.1) is 0 Å². The Hall–Kier alpha value is -3.63. The van der Waals surface area contributed by atoms with Gasteiger partial charge in [0.1, 0.15) is 11.6 Å². The first-order valence-corrected chi connectivity index (χ1v) is 11.9. The molecule has 2 nitrogen and oxygen atoms in total. The van der Waals surface area contributed by atoms with Crippen LogP contribution in [-0.2, 0) is 4.65 Å². The van der Waals surface area contributed by atoms with Crippen molar-refractivity contribution in [2.45, 2.75) is 26.9 Å². The maximum absolute atomic E-state index is 13.8. The van der Waals surface area contributed by atoms with Crippen LogP contribution in [0.25, 0.3) is 11.0 Å². The van der Waals surface area contributed by atoms with Crippen molar-refractivity contribution < 1.29 is 13.8 Å². The van der Waals surface area contributed by atoms with E-state index in [2.05, 4.69) is 57.2 Å². The van der Waals surface area contributed by atoms with Crippen LogP contribution >= 0.6 is 0 Å². The van der Waals surface area contributed by atoms with Crippen LogP contribution in [0, 0.1) is 26.6 Å². The lowest BCUT2D eigenvalue weighted by Gasteiger charge is -2.20. The lowest BCUT2D eigenvalue weighted by molar-refractivity contribution is 0.287. The van der Waals surface area contributed by atoms with Gasteiger partial charge >= 0.3 is 6.92 Å². The molecule has 4 aromatic carbocycles. The van der Waals surface area contributed by atoms with Crippen molar-refractivity contribution in [2.75, 3.05) is 7.11 Å². The molecule has 0 saturated heterocycles. The molecular formula is C31H28BFO2. The second kappa shape index (κ2) is 9.55. The zero-order valence-corrected chi connectivity index (χ0v) is 20.5. The molecule has 1 heterocycles. The number of ether oxygens (including phenoxy) is 1. The third kappa shape index (κ3) is 4.42. The summed E-state index contributed by atoms with van der Waals surface area (Å²) >= 11 is 0. The van der Waals surface area contributed by atoms with Gasteiger partial charge in [0, 0.05) is 0 Å². The van der Waals surface area contributed by atoms with E-state index in [-0.39, 0.29) is 18.8 Å². The van der Waals surface area contributed by atoms with Crippen molar-refractivity contribution in [1.82, 2.24) is 0 Å². The molecule has 174 valence electrons. The first-order valence-electron chi connectivity index (χ1n) is 11.9. The van der Waals surface area contributed by atoms with E-state index in [1.54, 1.807) is 7.11 Å². The summed E-state index contributed by atoms with van der Waals surface area (Å²) in [5.41, 5.74) is 10.2. The van der Waals surface area contributed by atoms with Crippen molar-refractivity contribution in [3.8, 4) is 5.75 Å². The SMILES string of the molecule is COc1ccc(C2=C(c3ccccc3)C(c3ccc(F)cc3)OB2c2c(C)cc(C)cc2C)cc1. The summed E-state index contributed by atoms with van der Waals surface area (Å²) in [5, 5.41) is 0. The Bertz CT molecular complexity index is 1350. The van der Waals surface area contributed by atoms with E-state index >= 15 is 0 Å². The molecule has 0 saturated carbocycles. The van der Waals surface area contributed by atoms with Gasteiger partial charge in [-0.25, -0.2) is 4.39 Å². The molecule has 0 N–H and O–H groups in total. The first-order chi connectivity index (χ1) is 17.0. The molecule has 1 unspecified atom stereocenters. The fraction of sp³-hybridized carbons (Fsp3) is 0.161. The fourth-order valence-electron chi connectivity index (χ4n) is 5.26. The highest BCUT2D eigenvalue weighted by Crippen LogP contribution is 2.47. The Morgan fingerprint density at radius 2 is 1.40 bits per heavy atom. The highest BCUT2D eigenvalue weighted by molar-refractivity contribution is 6.88. The molecule has 1 aliphatic heterocycles. The van der Waals surface area contributed by atoms with E-state index in [0.29, 0.717) is 0 Å². The number of halogens is 1. The van der Waals surface area contributed by atoms with Crippen molar-refractivity contribution in [3.05, 3.63) is 130 Å². The van der Waals surface area contributed by atoms with Gasteiger partial charge in [0.15, 0.2) is 0 Å². The summed E-state index contributed by atoms with van der Waals surface area (Å²) in [7, 11) is 1.68. The standard InChI is InChI=1S/C31H28BFO2/c1-20-18-21(2)29(22(3)19-20)32-30(24-12-16-27(34-4)17-13-24)28(23-8-6-5-7-9-23)31(35-32)25-10-14-26(33)15-11-25/h5-19,31H,1-4H3. The average Bonchev–Trinajstić information content (AvgIpc) is 3.24. The smallest absolute Gasteiger partial charge is 0.363 e. The van der Waals surface area contributed by atoms with Gasteiger partial charge < -0.3 is 9.39 Å². The van der Waals surface area contributed by atoms with Gasteiger partial charge in [0.25, 0.3) is 0 Å². The molecule has 0 amide bonds. The van der Waals surface area contributed by atoms with Gasteiger partial charge in [-0.05, 0) is 78.2 Å². The van der Waals surface area contributed by atoms with Gasteiger partial charge in [-0.2, -0.15) is 0 Å². The van der Waals surface area contributed by atoms with E-state index in [1.807, 2.05) is 42.5 Å². The van der Waals surface area contributed by atoms with Crippen LogP contribution in [0.5, 0.6) is 5.75 Å². The fourth-order valence-corrected chi connectivity index (χ4v) is 5.26. The van der Waals surface area contributed by atoms with E-state index in [1.165, 1.54) is 34.3 Å². The van der Waals surface area contributed by atoms with Crippen LogP contribution in [0.3, 0.4) is 0 Å². The molecule has 4 aromatic rings. The van der Waals surface area contributed by atoms with Crippen LogP contribution in [0.1, 0.15) is 39.5 Å². The van der Waals surface area contributed by atoms with E-state index in [4.69, 9.17) is 9.39 Å². The first kappa shape index (κ1) is 23.1. The number of rotatable bonds is 5. The third-order valence-electron chi connectivity index (χ3n) is 6.75. The number of hydrogen-bond acceptors (Lipinski definition) is 2. The maximum atomic E-state index is 13.8. The number of benzene rings is 4. The van der Waals surface area contributed by atoms with Gasteiger partial charge in [0.05, 0.1) is 13.2 Å². The average molecular weight is 462 g/mol. The van der Waals surface area contributed by atoms with Crippen LogP contribution in [0.4, 0.5) is 4.39 Å². The van der Waals surface area contributed by atoms with Crippen molar-refractivity contribution >= 4 is 23.4 Å². The Kier molecular flexibility index (Phi) is 6.32. The molecule has 0 spiro atoms. The van der Waals surface area contributed by atoms with Crippen molar-refractivity contribution in [3.63, 3.8) is 0 Å². The minimum Gasteiger partial charge on any atom is -0.497 e. The molecule has 4 heteroatoms. The Morgan fingerprint density at radius 1 is 0.771 bits per heavy atom. The summed E-state index contributed by atoms with van der Waals surface area (Å²) in [5.74, 6) is 0.554. The Balaban J connectivity index is 1.80. The molecule has 1 aliphatic rings. The molecule has 1 atom stereocenters. The number of methoxy groups -OCH3 is 1. The number of aryl methyl sites for hydroxylation is 3.